The van der Waals surface area contributed by atoms with Gasteiger partial charge in [0.1, 0.15) is 5.75 Å². The summed E-state index contributed by atoms with van der Waals surface area (Å²) in [6.45, 7) is 8.27. The highest BCUT2D eigenvalue weighted by molar-refractivity contribution is 8.05. The van der Waals surface area contributed by atoms with Crippen molar-refractivity contribution in [2.45, 2.75) is 32.7 Å². The molecule has 0 aromatic heterocycles. The van der Waals surface area contributed by atoms with E-state index in [1.165, 1.54) is 17.3 Å². The standard InChI is InChI=1S/C23H29N3O2S/c1-5-16-8-11-18(12-9-16)24-23-25-22(27)21(29-23)14-17-10-13-19(15-20(17)28-4)26(6-2)7-3/h8-15,23-24H,5-7H2,1-4H3,(H,25,27)/b21-14-/t23-/m0/s1. The SMILES string of the molecule is CCc1ccc(N[C@H]2NC(=O)/C(=C/c3ccc(N(CC)CC)cc3OC)S2)cc1. The maximum Gasteiger partial charge on any atom is 0.260 e. The average molecular weight is 412 g/mol. The van der Waals surface area contributed by atoms with Crippen molar-refractivity contribution >= 4 is 35.1 Å². The molecule has 2 N–H and O–H groups in total. The molecular formula is C23H29N3O2S. The molecule has 1 saturated heterocycles. The first kappa shape index (κ1) is 21.1. The van der Waals surface area contributed by atoms with E-state index in [-0.39, 0.29) is 11.4 Å². The lowest BCUT2D eigenvalue weighted by atomic mass is 10.1. The molecule has 1 fully saturated rings. The van der Waals surface area contributed by atoms with Crippen LogP contribution in [0.2, 0.25) is 0 Å². The van der Waals surface area contributed by atoms with Gasteiger partial charge < -0.3 is 20.3 Å². The van der Waals surface area contributed by atoms with Crippen molar-refractivity contribution in [2.24, 2.45) is 0 Å². The fourth-order valence-electron chi connectivity index (χ4n) is 3.30. The summed E-state index contributed by atoms with van der Waals surface area (Å²) in [4.78, 5) is 15.4. The molecule has 0 aliphatic carbocycles. The van der Waals surface area contributed by atoms with Crippen molar-refractivity contribution in [1.29, 1.82) is 0 Å². The predicted molar refractivity (Wildman–Crippen MR) is 123 cm³/mol. The first-order chi connectivity index (χ1) is 14.1. The van der Waals surface area contributed by atoms with Gasteiger partial charge in [0.25, 0.3) is 5.91 Å². The van der Waals surface area contributed by atoms with Gasteiger partial charge in [0.15, 0.2) is 5.50 Å². The van der Waals surface area contributed by atoms with Gasteiger partial charge in [-0.1, -0.05) is 30.8 Å². The summed E-state index contributed by atoms with van der Waals surface area (Å²) in [6.07, 6.45) is 2.91. The first-order valence-corrected chi connectivity index (χ1v) is 10.9. The summed E-state index contributed by atoms with van der Waals surface area (Å²) in [5.41, 5.74) is 4.10. The number of benzene rings is 2. The Morgan fingerprint density at radius 2 is 1.86 bits per heavy atom. The largest absolute Gasteiger partial charge is 0.496 e. The highest BCUT2D eigenvalue weighted by atomic mass is 32.2. The lowest BCUT2D eigenvalue weighted by molar-refractivity contribution is -0.116. The van der Waals surface area contributed by atoms with E-state index in [0.29, 0.717) is 4.91 Å². The number of hydrogen-bond acceptors (Lipinski definition) is 5. The Morgan fingerprint density at radius 1 is 1.14 bits per heavy atom. The van der Waals surface area contributed by atoms with Gasteiger partial charge in [0, 0.05) is 36.1 Å². The molecule has 5 nitrogen and oxygen atoms in total. The molecule has 3 rings (SSSR count). The zero-order chi connectivity index (χ0) is 20.8. The van der Waals surface area contributed by atoms with E-state index in [0.717, 1.165) is 42.2 Å². The molecule has 1 heterocycles. The lowest BCUT2D eigenvalue weighted by Crippen LogP contribution is -2.30. The maximum absolute atomic E-state index is 12.5. The van der Waals surface area contributed by atoms with E-state index in [4.69, 9.17) is 4.74 Å². The summed E-state index contributed by atoms with van der Waals surface area (Å²) in [6, 6.07) is 14.4. The van der Waals surface area contributed by atoms with Crippen LogP contribution in [0, 0.1) is 0 Å². The maximum atomic E-state index is 12.5. The molecule has 29 heavy (non-hydrogen) atoms. The van der Waals surface area contributed by atoms with E-state index < -0.39 is 0 Å². The number of thioether (sulfide) groups is 1. The molecule has 1 aliphatic rings. The molecule has 0 spiro atoms. The Bertz CT molecular complexity index is 876. The minimum absolute atomic E-state index is 0.0763. The molecular weight excluding hydrogens is 382 g/mol. The van der Waals surface area contributed by atoms with Crippen LogP contribution in [0.4, 0.5) is 11.4 Å². The normalized spacial score (nSPS) is 17.3. The number of nitrogens with zero attached hydrogens (tertiary/aromatic N) is 1. The van der Waals surface area contributed by atoms with Crippen LogP contribution in [0.15, 0.2) is 47.4 Å². The Balaban J connectivity index is 1.75. The van der Waals surface area contributed by atoms with Crippen LogP contribution in [0.5, 0.6) is 5.75 Å². The van der Waals surface area contributed by atoms with Crippen molar-refractivity contribution in [3.8, 4) is 5.75 Å². The zero-order valence-electron chi connectivity index (χ0n) is 17.5. The van der Waals surface area contributed by atoms with Gasteiger partial charge in [-0.3, -0.25) is 4.79 Å². The van der Waals surface area contributed by atoms with Crippen LogP contribution in [-0.2, 0) is 11.2 Å². The van der Waals surface area contributed by atoms with Crippen LogP contribution in [0.1, 0.15) is 31.9 Å². The van der Waals surface area contributed by atoms with Gasteiger partial charge in [0.2, 0.25) is 0 Å². The van der Waals surface area contributed by atoms with Gasteiger partial charge in [-0.2, -0.15) is 0 Å². The number of methoxy groups -OCH3 is 1. The predicted octanol–water partition coefficient (Wildman–Crippen LogP) is 4.70. The number of ether oxygens (including phenoxy) is 1. The summed E-state index contributed by atoms with van der Waals surface area (Å²) in [7, 11) is 1.66. The second-order valence-corrected chi connectivity index (χ2v) is 7.92. The Hall–Kier alpha value is -2.60. The van der Waals surface area contributed by atoms with E-state index in [2.05, 4.69) is 54.5 Å². The van der Waals surface area contributed by atoms with Crippen molar-refractivity contribution in [3.05, 3.63) is 58.5 Å². The molecule has 6 heteroatoms. The van der Waals surface area contributed by atoms with Crippen molar-refractivity contribution in [3.63, 3.8) is 0 Å². The molecule has 1 aliphatic heterocycles. The highest BCUT2D eigenvalue weighted by Gasteiger charge is 2.27. The van der Waals surface area contributed by atoms with Crippen LogP contribution >= 0.6 is 11.8 Å². The minimum atomic E-state index is -0.192. The summed E-state index contributed by atoms with van der Waals surface area (Å²) < 4.78 is 5.59. The van der Waals surface area contributed by atoms with Crippen molar-refractivity contribution in [2.75, 3.05) is 30.4 Å². The smallest absolute Gasteiger partial charge is 0.260 e. The summed E-state index contributed by atoms with van der Waals surface area (Å²) in [5, 5.41) is 6.34. The lowest BCUT2D eigenvalue weighted by Gasteiger charge is -2.22. The molecule has 0 unspecified atom stereocenters. The fourth-order valence-corrected chi connectivity index (χ4v) is 4.27. The number of carbonyl (C=O) groups excluding carboxylic acids is 1. The van der Waals surface area contributed by atoms with E-state index >= 15 is 0 Å². The van der Waals surface area contributed by atoms with Gasteiger partial charge in [-0.05, 0) is 56.2 Å². The Morgan fingerprint density at radius 3 is 2.48 bits per heavy atom. The van der Waals surface area contributed by atoms with Gasteiger partial charge in [-0.25, -0.2) is 0 Å². The topological polar surface area (TPSA) is 53.6 Å². The monoisotopic (exact) mass is 411 g/mol. The van der Waals surface area contributed by atoms with E-state index in [1.807, 2.05) is 30.3 Å². The van der Waals surface area contributed by atoms with Gasteiger partial charge in [-0.15, -0.1) is 0 Å². The number of carbonyl (C=O) groups is 1. The fraction of sp³-hybridized carbons (Fsp3) is 0.348. The zero-order valence-corrected chi connectivity index (χ0v) is 18.3. The third-order valence-electron chi connectivity index (χ3n) is 5.02. The van der Waals surface area contributed by atoms with Crippen molar-refractivity contribution in [1.82, 2.24) is 5.32 Å². The first-order valence-electron chi connectivity index (χ1n) is 10.1. The van der Waals surface area contributed by atoms with Crippen LogP contribution in [-0.4, -0.2) is 31.6 Å². The summed E-state index contributed by atoms with van der Waals surface area (Å²) in [5.74, 6) is 0.689. The van der Waals surface area contributed by atoms with E-state index in [1.54, 1.807) is 7.11 Å². The molecule has 0 bridgehead atoms. The molecule has 2 aromatic carbocycles. The van der Waals surface area contributed by atoms with Crippen molar-refractivity contribution < 1.29 is 9.53 Å². The second kappa shape index (κ2) is 9.74. The molecule has 0 saturated carbocycles. The number of amides is 1. The number of hydrogen-bond donors (Lipinski definition) is 2. The van der Waals surface area contributed by atoms with Gasteiger partial charge >= 0.3 is 0 Å². The van der Waals surface area contributed by atoms with Crippen LogP contribution in [0.3, 0.4) is 0 Å². The third kappa shape index (κ3) is 5.07. The molecule has 0 radical (unpaired) electrons. The quantitative estimate of drug-likeness (QED) is 0.617. The van der Waals surface area contributed by atoms with Crippen LogP contribution in [0.25, 0.3) is 6.08 Å². The Kier molecular flexibility index (Phi) is 7.09. The number of aryl methyl sites for hydroxylation is 1. The Labute approximate surface area is 177 Å². The number of rotatable bonds is 8. The molecule has 1 atom stereocenters. The molecule has 2 aromatic rings. The number of anilines is 2. The number of nitrogens with one attached hydrogen (secondary N) is 2. The molecule has 154 valence electrons. The third-order valence-corrected chi connectivity index (χ3v) is 6.05. The second-order valence-electron chi connectivity index (χ2n) is 6.77. The van der Waals surface area contributed by atoms with E-state index in [9.17, 15) is 4.79 Å². The van der Waals surface area contributed by atoms with Crippen LogP contribution < -0.4 is 20.3 Å². The summed E-state index contributed by atoms with van der Waals surface area (Å²) >= 11 is 1.48. The van der Waals surface area contributed by atoms with Gasteiger partial charge in [0.05, 0.1) is 12.0 Å². The average Bonchev–Trinajstić information content (AvgIpc) is 3.09. The highest BCUT2D eigenvalue weighted by Crippen LogP contribution is 2.33. The molecule has 1 amide bonds. The minimum Gasteiger partial charge on any atom is -0.496 e.